The molecule has 1 unspecified atom stereocenters. The Bertz CT molecular complexity index is 961. The lowest BCUT2D eigenvalue weighted by Gasteiger charge is -2.38. The van der Waals surface area contributed by atoms with Gasteiger partial charge in [-0.1, -0.05) is 0 Å². The van der Waals surface area contributed by atoms with Gasteiger partial charge in [0.25, 0.3) is 0 Å². The molecule has 0 N–H and O–H groups in total. The monoisotopic (exact) mass is 392 g/mol. The number of aromatic nitrogens is 2. The molecular formula is C18H24N4O2S2. The number of rotatable bonds is 2. The number of hydrogen-bond acceptors (Lipinski definition) is 7. The van der Waals surface area contributed by atoms with Crippen LogP contribution in [0.25, 0.3) is 10.2 Å². The van der Waals surface area contributed by atoms with E-state index < -0.39 is 9.84 Å². The standard InChI is InChI=1S/C18H24N4O2S2/c1-12-19-17(16-14-3-2-4-15(14)25-18(16)20-12)22-8-6-21(7-9-22)13-5-10-26(23,24)11-13/h13H,2-11H2,1H3. The number of fused-ring (bicyclic) bond motifs is 3. The van der Waals surface area contributed by atoms with Gasteiger partial charge in [0.05, 0.1) is 16.9 Å². The first-order valence-corrected chi connectivity index (χ1v) is 12.1. The summed E-state index contributed by atoms with van der Waals surface area (Å²) in [5.74, 6) is 2.63. The van der Waals surface area contributed by atoms with Crippen LogP contribution in [0.1, 0.15) is 29.1 Å². The summed E-state index contributed by atoms with van der Waals surface area (Å²) < 4.78 is 23.6. The molecule has 1 aliphatic carbocycles. The van der Waals surface area contributed by atoms with E-state index >= 15 is 0 Å². The summed E-state index contributed by atoms with van der Waals surface area (Å²) in [6.45, 7) is 5.63. The Balaban J connectivity index is 1.40. The number of nitrogens with zero attached hydrogens (tertiary/aromatic N) is 4. The van der Waals surface area contributed by atoms with Gasteiger partial charge in [0, 0.05) is 37.1 Å². The lowest BCUT2D eigenvalue weighted by atomic mass is 10.1. The SMILES string of the molecule is Cc1nc(N2CCN(C3CCS(=O)(=O)C3)CC2)c2c3c(sc2n1)CCC3. The van der Waals surface area contributed by atoms with Crippen molar-refractivity contribution < 1.29 is 8.42 Å². The third-order valence-corrected chi connectivity index (χ3v) is 8.93. The van der Waals surface area contributed by atoms with E-state index in [0.29, 0.717) is 11.5 Å². The van der Waals surface area contributed by atoms with Crippen LogP contribution in [0.4, 0.5) is 5.82 Å². The van der Waals surface area contributed by atoms with Crippen molar-refractivity contribution >= 4 is 37.2 Å². The number of aryl methyl sites for hydroxylation is 3. The van der Waals surface area contributed by atoms with E-state index in [2.05, 4.69) is 9.80 Å². The summed E-state index contributed by atoms with van der Waals surface area (Å²) in [7, 11) is -2.82. The van der Waals surface area contributed by atoms with Gasteiger partial charge in [-0.05, 0) is 38.2 Å². The van der Waals surface area contributed by atoms with Crippen molar-refractivity contribution in [2.24, 2.45) is 0 Å². The molecule has 4 heterocycles. The first-order chi connectivity index (χ1) is 12.5. The normalized spacial score (nSPS) is 25.9. The molecule has 5 rings (SSSR count). The van der Waals surface area contributed by atoms with Crippen molar-refractivity contribution in [3.63, 3.8) is 0 Å². The van der Waals surface area contributed by atoms with Gasteiger partial charge < -0.3 is 4.90 Å². The maximum Gasteiger partial charge on any atom is 0.151 e. The van der Waals surface area contributed by atoms with Crippen LogP contribution >= 0.6 is 11.3 Å². The smallest absolute Gasteiger partial charge is 0.151 e. The Morgan fingerprint density at radius 2 is 1.92 bits per heavy atom. The minimum atomic E-state index is -2.82. The molecule has 0 aromatic carbocycles. The Morgan fingerprint density at radius 3 is 2.65 bits per heavy atom. The summed E-state index contributed by atoms with van der Waals surface area (Å²) in [5.41, 5.74) is 1.48. The number of sulfone groups is 1. The van der Waals surface area contributed by atoms with E-state index in [4.69, 9.17) is 9.97 Å². The van der Waals surface area contributed by atoms with E-state index in [1.807, 2.05) is 18.3 Å². The Labute approximate surface area is 158 Å². The maximum atomic E-state index is 11.8. The fourth-order valence-corrected chi connectivity index (χ4v) is 7.73. The average Bonchev–Trinajstić information content (AvgIpc) is 3.28. The molecule has 0 amide bonds. The Hall–Kier alpha value is -1.25. The summed E-state index contributed by atoms with van der Waals surface area (Å²) in [6.07, 6.45) is 4.36. The van der Waals surface area contributed by atoms with Gasteiger partial charge in [-0.3, -0.25) is 4.90 Å². The predicted molar refractivity (Wildman–Crippen MR) is 105 cm³/mol. The van der Waals surface area contributed by atoms with E-state index in [1.165, 1.54) is 28.7 Å². The summed E-state index contributed by atoms with van der Waals surface area (Å²) in [6, 6.07) is 0.208. The minimum Gasteiger partial charge on any atom is -0.353 e. The van der Waals surface area contributed by atoms with Crippen LogP contribution in [-0.2, 0) is 22.7 Å². The van der Waals surface area contributed by atoms with Crippen molar-refractivity contribution in [1.29, 1.82) is 0 Å². The zero-order valence-electron chi connectivity index (χ0n) is 15.1. The van der Waals surface area contributed by atoms with Crippen LogP contribution in [0.2, 0.25) is 0 Å². The maximum absolute atomic E-state index is 11.8. The van der Waals surface area contributed by atoms with E-state index in [0.717, 1.165) is 55.5 Å². The Kier molecular flexibility index (Phi) is 3.99. The topological polar surface area (TPSA) is 66.4 Å². The molecule has 8 heteroatoms. The van der Waals surface area contributed by atoms with E-state index in [9.17, 15) is 8.42 Å². The van der Waals surface area contributed by atoms with Crippen LogP contribution in [-0.4, -0.2) is 67.0 Å². The molecule has 2 aliphatic heterocycles. The third kappa shape index (κ3) is 2.82. The highest BCUT2D eigenvalue weighted by atomic mass is 32.2. The van der Waals surface area contributed by atoms with Gasteiger partial charge in [0.15, 0.2) is 9.84 Å². The molecule has 1 atom stereocenters. The molecule has 0 saturated carbocycles. The van der Waals surface area contributed by atoms with Crippen molar-refractivity contribution in [1.82, 2.24) is 14.9 Å². The molecule has 2 saturated heterocycles. The first-order valence-electron chi connectivity index (χ1n) is 9.48. The quantitative estimate of drug-likeness (QED) is 0.776. The molecule has 6 nitrogen and oxygen atoms in total. The largest absolute Gasteiger partial charge is 0.353 e. The fraction of sp³-hybridized carbons (Fsp3) is 0.667. The number of hydrogen-bond donors (Lipinski definition) is 0. The molecule has 26 heavy (non-hydrogen) atoms. The molecule has 0 spiro atoms. The van der Waals surface area contributed by atoms with Crippen LogP contribution < -0.4 is 4.90 Å². The average molecular weight is 393 g/mol. The zero-order chi connectivity index (χ0) is 17.9. The second kappa shape index (κ2) is 6.14. The molecule has 3 aliphatic rings. The highest BCUT2D eigenvalue weighted by Crippen LogP contribution is 2.40. The van der Waals surface area contributed by atoms with Crippen molar-refractivity contribution in [3.8, 4) is 0 Å². The van der Waals surface area contributed by atoms with Gasteiger partial charge >= 0.3 is 0 Å². The fourth-order valence-electron chi connectivity index (χ4n) is 4.67. The van der Waals surface area contributed by atoms with Crippen LogP contribution in [0.5, 0.6) is 0 Å². The van der Waals surface area contributed by atoms with Crippen molar-refractivity contribution in [2.45, 2.75) is 38.6 Å². The lowest BCUT2D eigenvalue weighted by molar-refractivity contribution is 0.200. The summed E-state index contributed by atoms with van der Waals surface area (Å²) in [4.78, 5) is 16.9. The second-order valence-electron chi connectivity index (χ2n) is 7.71. The lowest BCUT2D eigenvalue weighted by Crippen LogP contribution is -2.51. The van der Waals surface area contributed by atoms with Gasteiger partial charge in [-0.2, -0.15) is 0 Å². The molecule has 0 bridgehead atoms. The highest BCUT2D eigenvalue weighted by molar-refractivity contribution is 7.91. The summed E-state index contributed by atoms with van der Waals surface area (Å²) in [5, 5.41) is 1.28. The van der Waals surface area contributed by atoms with Gasteiger partial charge in [-0.15, -0.1) is 11.3 Å². The second-order valence-corrected chi connectivity index (χ2v) is 11.0. The highest BCUT2D eigenvalue weighted by Gasteiger charge is 2.34. The summed E-state index contributed by atoms with van der Waals surface area (Å²) >= 11 is 1.84. The predicted octanol–water partition coefficient (Wildman–Crippen LogP) is 1.80. The van der Waals surface area contributed by atoms with Crippen LogP contribution in [0.15, 0.2) is 0 Å². The van der Waals surface area contributed by atoms with Crippen molar-refractivity contribution in [2.75, 3.05) is 42.6 Å². The molecule has 0 radical (unpaired) electrons. The minimum absolute atomic E-state index is 0.208. The third-order valence-electron chi connectivity index (χ3n) is 6.00. The van der Waals surface area contributed by atoms with Crippen LogP contribution in [0.3, 0.4) is 0 Å². The van der Waals surface area contributed by atoms with Gasteiger partial charge in [0.1, 0.15) is 16.5 Å². The van der Waals surface area contributed by atoms with E-state index in [-0.39, 0.29) is 6.04 Å². The molecule has 140 valence electrons. The van der Waals surface area contributed by atoms with Crippen LogP contribution in [0, 0.1) is 6.92 Å². The zero-order valence-corrected chi connectivity index (χ0v) is 16.7. The number of thiophene rings is 1. The molecule has 2 aromatic rings. The first kappa shape index (κ1) is 16.9. The van der Waals surface area contributed by atoms with Gasteiger partial charge in [-0.25, -0.2) is 18.4 Å². The van der Waals surface area contributed by atoms with E-state index in [1.54, 1.807) is 0 Å². The molecule has 2 aromatic heterocycles. The van der Waals surface area contributed by atoms with Gasteiger partial charge in [0.2, 0.25) is 0 Å². The molecule has 2 fully saturated rings. The Morgan fingerprint density at radius 1 is 1.12 bits per heavy atom. The van der Waals surface area contributed by atoms with Crippen molar-refractivity contribution in [3.05, 3.63) is 16.3 Å². The molecular weight excluding hydrogens is 368 g/mol. The number of anilines is 1. The number of piperazine rings is 1.